The van der Waals surface area contributed by atoms with E-state index < -0.39 is 5.97 Å². The van der Waals surface area contributed by atoms with E-state index in [0.29, 0.717) is 13.0 Å². The molecule has 1 fully saturated rings. The highest BCUT2D eigenvalue weighted by atomic mass is 16.4. The van der Waals surface area contributed by atoms with Crippen molar-refractivity contribution in [3.05, 3.63) is 0 Å². The number of urea groups is 1. The van der Waals surface area contributed by atoms with Crippen molar-refractivity contribution in [3.8, 4) is 0 Å². The van der Waals surface area contributed by atoms with Crippen LogP contribution in [0.2, 0.25) is 0 Å². The fourth-order valence-electron chi connectivity index (χ4n) is 2.28. The summed E-state index contributed by atoms with van der Waals surface area (Å²) in [6.07, 6.45) is 3.52. The first-order valence-corrected chi connectivity index (χ1v) is 6.40. The van der Waals surface area contributed by atoms with Crippen LogP contribution in [0.1, 0.15) is 32.1 Å². The van der Waals surface area contributed by atoms with Gasteiger partial charge in [-0.1, -0.05) is 0 Å². The quantitative estimate of drug-likeness (QED) is 0.762. The van der Waals surface area contributed by atoms with Crippen LogP contribution in [-0.4, -0.2) is 64.8 Å². The van der Waals surface area contributed by atoms with Gasteiger partial charge in [-0.05, 0) is 25.7 Å². The summed E-state index contributed by atoms with van der Waals surface area (Å²) >= 11 is 0. The molecule has 1 atom stereocenters. The van der Waals surface area contributed by atoms with Gasteiger partial charge in [-0.3, -0.25) is 4.79 Å². The summed E-state index contributed by atoms with van der Waals surface area (Å²) < 4.78 is 0. The van der Waals surface area contributed by atoms with E-state index in [4.69, 9.17) is 10.2 Å². The number of hydrogen-bond donors (Lipinski definition) is 2. The van der Waals surface area contributed by atoms with E-state index in [0.717, 1.165) is 19.3 Å². The second kappa shape index (κ2) is 7.20. The van der Waals surface area contributed by atoms with Crippen molar-refractivity contribution < 1.29 is 19.8 Å². The zero-order chi connectivity index (χ0) is 13.5. The molecule has 0 aromatic carbocycles. The fourth-order valence-corrected chi connectivity index (χ4v) is 2.28. The van der Waals surface area contributed by atoms with E-state index in [9.17, 15) is 9.59 Å². The van der Waals surface area contributed by atoms with Crippen LogP contribution in [0.5, 0.6) is 0 Å². The summed E-state index contributed by atoms with van der Waals surface area (Å²) in [5, 5.41) is 17.6. The van der Waals surface area contributed by atoms with Crippen molar-refractivity contribution in [1.29, 1.82) is 0 Å². The Hall–Kier alpha value is -1.30. The Bertz CT molecular complexity index is 294. The van der Waals surface area contributed by atoms with Gasteiger partial charge in [-0.25, -0.2) is 4.79 Å². The lowest BCUT2D eigenvalue weighted by molar-refractivity contribution is -0.137. The van der Waals surface area contributed by atoms with Crippen LogP contribution in [0.4, 0.5) is 4.79 Å². The molecule has 1 aliphatic rings. The van der Waals surface area contributed by atoms with Crippen LogP contribution >= 0.6 is 0 Å². The zero-order valence-electron chi connectivity index (χ0n) is 10.8. The highest BCUT2D eigenvalue weighted by molar-refractivity contribution is 5.75. The molecular weight excluding hydrogens is 236 g/mol. The molecule has 104 valence electrons. The topological polar surface area (TPSA) is 81.1 Å². The molecule has 1 rings (SSSR count). The number of aliphatic hydroxyl groups excluding tert-OH is 1. The van der Waals surface area contributed by atoms with E-state index in [2.05, 4.69) is 0 Å². The molecule has 1 unspecified atom stereocenters. The summed E-state index contributed by atoms with van der Waals surface area (Å²) in [6, 6.07) is -0.0436. The first-order valence-electron chi connectivity index (χ1n) is 6.40. The SMILES string of the molecule is CN(CCC(=O)O)C(=O)N1CCCCC1CCO. The Morgan fingerprint density at radius 1 is 1.39 bits per heavy atom. The van der Waals surface area contributed by atoms with Crippen molar-refractivity contribution in [1.82, 2.24) is 9.80 Å². The molecule has 1 aliphatic heterocycles. The van der Waals surface area contributed by atoms with Gasteiger partial charge >= 0.3 is 12.0 Å². The normalized spacial score (nSPS) is 19.7. The molecule has 0 saturated carbocycles. The number of aliphatic carboxylic acids is 1. The Balaban J connectivity index is 2.53. The van der Waals surface area contributed by atoms with Crippen LogP contribution < -0.4 is 0 Å². The number of carbonyl (C=O) groups is 2. The lowest BCUT2D eigenvalue weighted by Crippen LogP contribution is -2.49. The lowest BCUT2D eigenvalue weighted by Gasteiger charge is -2.37. The van der Waals surface area contributed by atoms with Gasteiger partial charge in [0.05, 0.1) is 6.42 Å². The van der Waals surface area contributed by atoms with Crippen LogP contribution in [0.3, 0.4) is 0 Å². The molecule has 0 aromatic rings. The smallest absolute Gasteiger partial charge is 0.320 e. The lowest BCUT2D eigenvalue weighted by atomic mass is 10.00. The number of nitrogens with zero attached hydrogens (tertiary/aromatic N) is 2. The fraction of sp³-hybridized carbons (Fsp3) is 0.833. The third-order valence-corrected chi connectivity index (χ3v) is 3.32. The molecule has 6 heteroatoms. The van der Waals surface area contributed by atoms with E-state index in [1.807, 2.05) is 0 Å². The average molecular weight is 258 g/mol. The maximum atomic E-state index is 12.2. The van der Waals surface area contributed by atoms with Crippen molar-refractivity contribution in [2.45, 2.75) is 38.1 Å². The van der Waals surface area contributed by atoms with Gasteiger partial charge in [-0.2, -0.15) is 0 Å². The summed E-state index contributed by atoms with van der Waals surface area (Å²) in [6.45, 7) is 0.991. The number of carboxylic acid groups (broad SMARTS) is 1. The molecule has 0 radical (unpaired) electrons. The summed E-state index contributed by atoms with van der Waals surface area (Å²) in [4.78, 5) is 25.9. The van der Waals surface area contributed by atoms with Crippen LogP contribution in [0.25, 0.3) is 0 Å². The van der Waals surface area contributed by atoms with Crippen molar-refractivity contribution in [2.75, 3.05) is 26.7 Å². The molecule has 0 bridgehead atoms. The Morgan fingerprint density at radius 3 is 2.72 bits per heavy atom. The van der Waals surface area contributed by atoms with Gasteiger partial charge < -0.3 is 20.0 Å². The highest BCUT2D eigenvalue weighted by Gasteiger charge is 2.28. The minimum Gasteiger partial charge on any atom is -0.481 e. The van der Waals surface area contributed by atoms with Gasteiger partial charge in [0.2, 0.25) is 0 Å². The molecule has 2 N–H and O–H groups in total. The molecule has 18 heavy (non-hydrogen) atoms. The average Bonchev–Trinajstić information content (AvgIpc) is 2.36. The van der Waals surface area contributed by atoms with E-state index in [-0.39, 0.29) is 31.6 Å². The van der Waals surface area contributed by atoms with Gasteiger partial charge in [0.1, 0.15) is 0 Å². The van der Waals surface area contributed by atoms with Gasteiger partial charge in [0.15, 0.2) is 0 Å². The number of carboxylic acids is 1. The monoisotopic (exact) mass is 258 g/mol. The summed E-state index contributed by atoms with van der Waals surface area (Å²) in [5.74, 6) is -0.903. The molecule has 0 spiro atoms. The number of amides is 2. The van der Waals surface area contributed by atoms with E-state index >= 15 is 0 Å². The molecular formula is C12H22N2O4. The number of piperidine rings is 1. The van der Waals surface area contributed by atoms with Crippen molar-refractivity contribution >= 4 is 12.0 Å². The predicted octanol–water partition coefficient (Wildman–Crippen LogP) is 0.750. The number of carbonyl (C=O) groups excluding carboxylic acids is 1. The first-order chi connectivity index (χ1) is 8.56. The number of rotatable bonds is 5. The maximum Gasteiger partial charge on any atom is 0.320 e. The summed E-state index contributed by atoms with van der Waals surface area (Å²) in [5.41, 5.74) is 0. The Morgan fingerprint density at radius 2 is 2.11 bits per heavy atom. The molecule has 1 heterocycles. The minimum atomic E-state index is -0.903. The molecule has 1 saturated heterocycles. The van der Waals surface area contributed by atoms with Crippen molar-refractivity contribution in [3.63, 3.8) is 0 Å². The van der Waals surface area contributed by atoms with Gasteiger partial charge in [0, 0.05) is 32.8 Å². The molecule has 2 amide bonds. The molecule has 6 nitrogen and oxygen atoms in total. The van der Waals surface area contributed by atoms with Crippen LogP contribution in [0, 0.1) is 0 Å². The second-order valence-corrected chi connectivity index (χ2v) is 4.70. The van der Waals surface area contributed by atoms with Crippen LogP contribution in [-0.2, 0) is 4.79 Å². The minimum absolute atomic E-state index is 0.0409. The van der Waals surface area contributed by atoms with Crippen LogP contribution in [0.15, 0.2) is 0 Å². The van der Waals surface area contributed by atoms with E-state index in [1.165, 1.54) is 4.90 Å². The standard InChI is InChI=1S/C12H22N2O4/c1-13(8-5-11(16)17)12(18)14-7-3-2-4-10(14)6-9-15/h10,15H,2-9H2,1H3,(H,16,17). The zero-order valence-corrected chi connectivity index (χ0v) is 10.8. The highest BCUT2D eigenvalue weighted by Crippen LogP contribution is 2.20. The Labute approximate surface area is 107 Å². The molecule has 0 aromatic heterocycles. The number of aliphatic hydroxyl groups is 1. The number of hydrogen-bond acceptors (Lipinski definition) is 3. The molecule has 0 aliphatic carbocycles. The maximum absolute atomic E-state index is 12.2. The largest absolute Gasteiger partial charge is 0.481 e. The first kappa shape index (κ1) is 14.8. The van der Waals surface area contributed by atoms with Crippen molar-refractivity contribution in [2.24, 2.45) is 0 Å². The van der Waals surface area contributed by atoms with E-state index in [1.54, 1.807) is 11.9 Å². The number of likely N-dealkylation sites (tertiary alicyclic amines) is 1. The third kappa shape index (κ3) is 4.18. The predicted molar refractivity (Wildman–Crippen MR) is 66.3 cm³/mol. The Kier molecular flexibility index (Phi) is 5.91. The van der Waals surface area contributed by atoms with Gasteiger partial charge in [0.25, 0.3) is 0 Å². The second-order valence-electron chi connectivity index (χ2n) is 4.70. The van der Waals surface area contributed by atoms with Gasteiger partial charge in [-0.15, -0.1) is 0 Å². The third-order valence-electron chi connectivity index (χ3n) is 3.32. The summed E-state index contributed by atoms with van der Waals surface area (Å²) in [7, 11) is 1.62.